The molecule has 0 radical (unpaired) electrons. The molecule has 1 aliphatic heterocycles. The van der Waals surface area contributed by atoms with Gasteiger partial charge in [-0.2, -0.15) is 0 Å². The van der Waals surface area contributed by atoms with E-state index in [0.29, 0.717) is 24.8 Å². The third-order valence-electron chi connectivity index (χ3n) is 4.56. The number of furan rings is 1. The Hall–Kier alpha value is -1.82. The number of methoxy groups -OCH3 is 1. The molecule has 1 aromatic heterocycles. The molecule has 2 aliphatic rings. The van der Waals surface area contributed by atoms with Crippen LogP contribution in [-0.2, 0) is 16.1 Å². The minimum absolute atomic E-state index is 0.0832. The molecule has 1 saturated heterocycles. The molecule has 0 unspecified atom stereocenters. The van der Waals surface area contributed by atoms with Gasteiger partial charge in [0.15, 0.2) is 5.76 Å². The fraction of sp³-hybridized carbons (Fsp3) is 0.600. The molecule has 2 fully saturated rings. The summed E-state index contributed by atoms with van der Waals surface area (Å²) in [4.78, 5) is 25.6. The highest BCUT2D eigenvalue weighted by molar-refractivity contribution is 5.95. The summed E-state index contributed by atoms with van der Waals surface area (Å²) in [5.41, 5.74) is 0. The summed E-state index contributed by atoms with van der Waals surface area (Å²) < 4.78 is 10.4. The van der Waals surface area contributed by atoms with Gasteiger partial charge in [0.05, 0.1) is 0 Å². The summed E-state index contributed by atoms with van der Waals surface area (Å²) in [6.07, 6.45) is 2.95. The summed E-state index contributed by atoms with van der Waals surface area (Å²) >= 11 is 0. The van der Waals surface area contributed by atoms with Crippen molar-refractivity contribution in [2.75, 3.05) is 13.7 Å². The molecular formula is C15H19NO5. The van der Waals surface area contributed by atoms with Crippen molar-refractivity contribution in [2.45, 2.75) is 31.9 Å². The lowest BCUT2D eigenvalue weighted by Gasteiger charge is -2.23. The van der Waals surface area contributed by atoms with Gasteiger partial charge in [-0.15, -0.1) is 0 Å². The SMILES string of the molecule is COCc1ccc(C(=O)N2C[C@@H]3CCC[C@@H]3[C@H]2C(=O)O)o1. The van der Waals surface area contributed by atoms with Crippen LogP contribution in [-0.4, -0.2) is 41.6 Å². The minimum atomic E-state index is -0.915. The number of likely N-dealkylation sites (tertiary alicyclic amines) is 1. The van der Waals surface area contributed by atoms with Crippen molar-refractivity contribution in [3.8, 4) is 0 Å². The summed E-state index contributed by atoms with van der Waals surface area (Å²) in [5, 5.41) is 9.47. The third kappa shape index (κ3) is 2.44. The first kappa shape index (κ1) is 14.1. The largest absolute Gasteiger partial charge is 0.480 e. The van der Waals surface area contributed by atoms with Crippen LogP contribution in [0.15, 0.2) is 16.5 Å². The first-order valence-electron chi connectivity index (χ1n) is 7.23. The summed E-state index contributed by atoms with van der Waals surface area (Å²) in [5.74, 6) is -0.107. The van der Waals surface area contributed by atoms with E-state index in [2.05, 4.69) is 0 Å². The lowest BCUT2D eigenvalue weighted by Crippen LogP contribution is -2.43. The van der Waals surface area contributed by atoms with Crippen molar-refractivity contribution in [1.29, 1.82) is 0 Å². The van der Waals surface area contributed by atoms with Gasteiger partial charge in [0.2, 0.25) is 0 Å². The van der Waals surface area contributed by atoms with Crippen molar-refractivity contribution in [2.24, 2.45) is 11.8 Å². The summed E-state index contributed by atoms with van der Waals surface area (Å²) in [6.45, 7) is 0.807. The maximum absolute atomic E-state index is 12.5. The molecule has 0 bridgehead atoms. The molecule has 1 aliphatic carbocycles. The van der Waals surface area contributed by atoms with Crippen molar-refractivity contribution in [3.05, 3.63) is 23.7 Å². The number of rotatable bonds is 4. The van der Waals surface area contributed by atoms with Crippen LogP contribution < -0.4 is 0 Å². The van der Waals surface area contributed by atoms with E-state index < -0.39 is 12.0 Å². The monoisotopic (exact) mass is 293 g/mol. The molecule has 6 heteroatoms. The van der Waals surface area contributed by atoms with Crippen molar-refractivity contribution in [1.82, 2.24) is 4.90 Å². The fourth-order valence-electron chi connectivity index (χ4n) is 3.69. The number of ether oxygens (including phenoxy) is 1. The minimum Gasteiger partial charge on any atom is -0.480 e. The molecule has 1 saturated carbocycles. The quantitative estimate of drug-likeness (QED) is 0.914. The Balaban J connectivity index is 1.81. The van der Waals surface area contributed by atoms with Crippen LogP contribution in [0, 0.1) is 11.8 Å². The number of fused-ring (bicyclic) bond motifs is 1. The number of carboxylic acids is 1. The van der Waals surface area contributed by atoms with Crippen LogP contribution in [0.5, 0.6) is 0 Å². The molecule has 1 amide bonds. The number of aliphatic carboxylic acids is 1. The highest BCUT2D eigenvalue weighted by atomic mass is 16.5. The molecule has 0 aromatic carbocycles. The Morgan fingerprint density at radius 1 is 1.43 bits per heavy atom. The van der Waals surface area contributed by atoms with Gasteiger partial charge in [0, 0.05) is 13.7 Å². The van der Waals surface area contributed by atoms with Crippen LogP contribution >= 0.6 is 0 Å². The van der Waals surface area contributed by atoms with Gasteiger partial charge in [-0.1, -0.05) is 6.42 Å². The predicted octanol–water partition coefficient (Wildman–Crippen LogP) is 1.75. The number of carbonyl (C=O) groups is 2. The van der Waals surface area contributed by atoms with Crippen LogP contribution in [0.25, 0.3) is 0 Å². The molecule has 0 spiro atoms. The molecule has 6 nitrogen and oxygen atoms in total. The number of amides is 1. The Labute approximate surface area is 122 Å². The topological polar surface area (TPSA) is 80.0 Å². The third-order valence-corrected chi connectivity index (χ3v) is 4.56. The maximum atomic E-state index is 12.5. The highest BCUT2D eigenvalue weighted by Crippen LogP contribution is 2.42. The second-order valence-electron chi connectivity index (χ2n) is 5.79. The van der Waals surface area contributed by atoms with Crippen molar-refractivity contribution < 1.29 is 23.8 Å². The zero-order valence-corrected chi connectivity index (χ0v) is 11.9. The second kappa shape index (κ2) is 5.52. The van der Waals surface area contributed by atoms with Gasteiger partial charge in [-0.25, -0.2) is 4.79 Å². The lowest BCUT2D eigenvalue weighted by atomic mass is 9.94. The van der Waals surface area contributed by atoms with Crippen LogP contribution in [0.2, 0.25) is 0 Å². The van der Waals surface area contributed by atoms with Crippen LogP contribution in [0.4, 0.5) is 0 Å². The number of hydrogen-bond acceptors (Lipinski definition) is 4. The van der Waals surface area contributed by atoms with Gasteiger partial charge in [-0.3, -0.25) is 4.79 Å². The Kier molecular flexibility index (Phi) is 3.71. The lowest BCUT2D eigenvalue weighted by molar-refractivity contribution is -0.142. The van der Waals surface area contributed by atoms with E-state index in [4.69, 9.17) is 9.15 Å². The van der Waals surface area contributed by atoms with E-state index in [-0.39, 0.29) is 17.6 Å². The van der Waals surface area contributed by atoms with E-state index >= 15 is 0 Å². The van der Waals surface area contributed by atoms with E-state index in [0.717, 1.165) is 19.3 Å². The maximum Gasteiger partial charge on any atom is 0.326 e. The van der Waals surface area contributed by atoms with E-state index in [1.807, 2.05) is 0 Å². The molecule has 1 aromatic rings. The molecule has 1 N–H and O–H groups in total. The number of carbonyl (C=O) groups excluding carboxylic acids is 1. The molecule has 114 valence electrons. The first-order valence-corrected chi connectivity index (χ1v) is 7.23. The highest BCUT2D eigenvalue weighted by Gasteiger charge is 2.50. The normalized spacial score (nSPS) is 27.9. The van der Waals surface area contributed by atoms with Crippen LogP contribution in [0.1, 0.15) is 35.6 Å². The molecule has 3 rings (SSSR count). The van der Waals surface area contributed by atoms with Crippen molar-refractivity contribution in [3.63, 3.8) is 0 Å². The molecule has 3 atom stereocenters. The van der Waals surface area contributed by atoms with Crippen molar-refractivity contribution >= 4 is 11.9 Å². The van der Waals surface area contributed by atoms with E-state index in [9.17, 15) is 14.7 Å². The Morgan fingerprint density at radius 2 is 2.24 bits per heavy atom. The zero-order chi connectivity index (χ0) is 15.0. The predicted molar refractivity (Wildman–Crippen MR) is 72.7 cm³/mol. The standard InChI is InChI=1S/C15H19NO5/c1-20-8-10-5-6-12(21-10)14(17)16-7-9-3-2-4-11(9)13(16)15(18)19/h5-6,9,11,13H,2-4,7-8H2,1H3,(H,18,19)/t9-,11-,13-/m0/s1. The zero-order valence-electron chi connectivity index (χ0n) is 11.9. The van der Waals surface area contributed by atoms with E-state index in [1.54, 1.807) is 19.2 Å². The fourth-order valence-corrected chi connectivity index (χ4v) is 3.69. The molecule has 2 heterocycles. The van der Waals surface area contributed by atoms with Gasteiger partial charge in [-0.05, 0) is 36.8 Å². The number of hydrogen-bond donors (Lipinski definition) is 1. The molecule has 21 heavy (non-hydrogen) atoms. The van der Waals surface area contributed by atoms with Crippen LogP contribution in [0.3, 0.4) is 0 Å². The first-order chi connectivity index (χ1) is 10.1. The summed E-state index contributed by atoms with van der Waals surface area (Å²) in [6, 6.07) is 2.55. The second-order valence-corrected chi connectivity index (χ2v) is 5.79. The molecular weight excluding hydrogens is 274 g/mol. The average molecular weight is 293 g/mol. The van der Waals surface area contributed by atoms with Gasteiger partial charge in [0.1, 0.15) is 18.4 Å². The number of nitrogens with zero attached hydrogens (tertiary/aromatic N) is 1. The smallest absolute Gasteiger partial charge is 0.326 e. The van der Waals surface area contributed by atoms with Gasteiger partial charge < -0.3 is 19.2 Å². The Bertz CT molecular complexity index is 552. The summed E-state index contributed by atoms with van der Waals surface area (Å²) in [7, 11) is 1.55. The number of carboxylic acid groups (broad SMARTS) is 1. The average Bonchev–Trinajstić information content (AvgIpc) is 3.11. The van der Waals surface area contributed by atoms with E-state index in [1.165, 1.54) is 4.90 Å². The van der Waals surface area contributed by atoms with Gasteiger partial charge in [0.25, 0.3) is 5.91 Å². The van der Waals surface area contributed by atoms with Gasteiger partial charge >= 0.3 is 5.97 Å². The Morgan fingerprint density at radius 3 is 2.95 bits per heavy atom.